The molecular formula is C21H28N6O3. The molecule has 0 amide bonds. The maximum absolute atomic E-state index is 12.7. The van der Waals surface area contributed by atoms with Gasteiger partial charge in [0.05, 0.1) is 17.4 Å². The Morgan fingerprint density at radius 3 is 2.57 bits per heavy atom. The van der Waals surface area contributed by atoms with Crippen molar-refractivity contribution in [1.82, 2.24) is 19.5 Å². The van der Waals surface area contributed by atoms with Crippen molar-refractivity contribution in [3.8, 4) is 0 Å². The number of anilines is 2. The summed E-state index contributed by atoms with van der Waals surface area (Å²) in [6.07, 6.45) is 1.65. The lowest BCUT2D eigenvalue weighted by Crippen LogP contribution is -2.40. The van der Waals surface area contributed by atoms with Crippen LogP contribution in [0.5, 0.6) is 0 Å². The number of aromatic amines is 2. The zero-order valence-corrected chi connectivity index (χ0v) is 17.6. The summed E-state index contributed by atoms with van der Waals surface area (Å²) < 4.78 is 1.39. The van der Waals surface area contributed by atoms with Crippen molar-refractivity contribution in [1.29, 1.82) is 0 Å². The number of rotatable bonds is 8. The summed E-state index contributed by atoms with van der Waals surface area (Å²) in [5.41, 5.74) is 5.78. The first-order valence-corrected chi connectivity index (χ1v) is 10.2. The third-order valence-corrected chi connectivity index (χ3v) is 4.85. The third kappa shape index (κ3) is 4.45. The molecule has 0 saturated heterocycles. The number of aromatic nitrogens is 4. The molecule has 1 aromatic carbocycles. The molecule has 0 radical (unpaired) electrons. The third-order valence-electron chi connectivity index (χ3n) is 4.85. The second-order valence-corrected chi connectivity index (χ2v) is 7.80. The van der Waals surface area contributed by atoms with Gasteiger partial charge in [-0.3, -0.25) is 19.1 Å². The zero-order valence-electron chi connectivity index (χ0n) is 17.6. The second-order valence-electron chi connectivity index (χ2n) is 7.80. The number of fused-ring (bicyclic) bond motifs is 1. The standard InChI is InChI=1S/C21H28N6O3/c1-4-5-10-27-18(22)17(20(29)25-21(27)30)26(11-13(2)3)12-16-23-15-9-7-6-8-14(15)19(28)24-16/h6-9,13H,4-5,10-12,22H2,1-3H3,(H,23,24,28)(H,25,29,30). The van der Waals surface area contributed by atoms with Gasteiger partial charge in [0.15, 0.2) is 0 Å². The van der Waals surface area contributed by atoms with Crippen LogP contribution < -0.4 is 27.4 Å². The van der Waals surface area contributed by atoms with Crippen LogP contribution in [-0.4, -0.2) is 26.1 Å². The molecule has 0 unspecified atom stereocenters. The quantitative estimate of drug-likeness (QED) is 0.517. The SMILES string of the molecule is CCCCn1c(N)c(N(Cc2nc3ccccc3c(=O)[nH]2)CC(C)C)c(=O)[nH]c1=O. The maximum Gasteiger partial charge on any atom is 0.330 e. The van der Waals surface area contributed by atoms with Crippen molar-refractivity contribution in [2.24, 2.45) is 5.92 Å². The molecule has 0 spiro atoms. The lowest BCUT2D eigenvalue weighted by atomic mass is 10.2. The topological polar surface area (TPSA) is 130 Å². The fraction of sp³-hybridized carbons (Fsp3) is 0.429. The van der Waals surface area contributed by atoms with E-state index in [0.29, 0.717) is 29.8 Å². The Bertz CT molecular complexity index is 1210. The average molecular weight is 412 g/mol. The van der Waals surface area contributed by atoms with E-state index in [4.69, 9.17) is 5.73 Å². The van der Waals surface area contributed by atoms with Gasteiger partial charge in [0.25, 0.3) is 11.1 Å². The Kier molecular flexibility index (Phi) is 6.39. The molecule has 4 N–H and O–H groups in total. The van der Waals surface area contributed by atoms with Gasteiger partial charge in [0, 0.05) is 13.1 Å². The van der Waals surface area contributed by atoms with Crippen molar-refractivity contribution in [3.63, 3.8) is 0 Å². The van der Waals surface area contributed by atoms with E-state index in [1.54, 1.807) is 23.1 Å². The summed E-state index contributed by atoms with van der Waals surface area (Å²) in [5.74, 6) is 0.748. The Labute approximate surface area is 173 Å². The van der Waals surface area contributed by atoms with Crippen LogP contribution in [0, 0.1) is 5.92 Å². The minimum Gasteiger partial charge on any atom is -0.383 e. The van der Waals surface area contributed by atoms with E-state index in [1.165, 1.54) is 4.57 Å². The lowest BCUT2D eigenvalue weighted by Gasteiger charge is -2.27. The van der Waals surface area contributed by atoms with Crippen LogP contribution >= 0.6 is 0 Å². The molecule has 9 heteroatoms. The van der Waals surface area contributed by atoms with Crippen LogP contribution in [0.4, 0.5) is 11.5 Å². The van der Waals surface area contributed by atoms with E-state index < -0.39 is 11.2 Å². The number of hydrogen-bond acceptors (Lipinski definition) is 6. The van der Waals surface area contributed by atoms with Gasteiger partial charge in [0.1, 0.15) is 17.3 Å². The van der Waals surface area contributed by atoms with Gasteiger partial charge in [-0.1, -0.05) is 39.3 Å². The van der Waals surface area contributed by atoms with E-state index in [2.05, 4.69) is 15.0 Å². The largest absolute Gasteiger partial charge is 0.383 e. The number of unbranched alkanes of at least 4 members (excludes halogenated alkanes) is 1. The molecule has 0 saturated carbocycles. The van der Waals surface area contributed by atoms with Crippen LogP contribution in [0.25, 0.3) is 10.9 Å². The number of hydrogen-bond donors (Lipinski definition) is 3. The summed E-state index contributed by atoms with van der Waals surface area (Å²) in [6, 6.07) is 7.08. The first-order chi connectivity index (χ1) is 14.3. The lowest BCUT2D eigenvalue weighted by molar-refractivity contribution is 0.582. The van der Waals surface area contributed by atoms with Crippen molar-refractivity contribution < 1.29 is 0 Å². The highest BCUT2D eigenvalue weighted by Gasteiger charge is 2.21. The summed E-state index contributed by atoms with van der Waals surface area (Å²) in [4.78, 5) is 48.9. The Morgan fingerprint density at radius 1 is 1.13 bits per heavy atom. The molecule has 2 aromatic heterocycles. The number of benzene rings is 1. The van der Waals surface area contributed by atoms with E-state index in [9.17, 15) is 14.4 Å². The van der Waals surface area contributed by atoms with Gasteiger partial charge in [-0.15, -0.1) is 0 Å². The molecule has 2 heterocycles. The Hall–Kier alpha value is -3.36. The number of para-hydroxylation sites is 1. The van der Waals surface area contributed by atoms with Gasteiger partial charge in [-0.25, -0.2) is 9.78 Å². The molecule has 0 fully saturated rings. The second kappa shape index (κ2) is 8.98. The van der Waals surface area contributed by atoms with Crippen LogP contribution in [0.3, 0.4) is 0 Å². The monoisotopic (exact) mass is 412 g/mol. The van der Waals surface area contributed by atoms with E-state index >= 15 is 0 Å². The summed E-state index contributed by atoms with van der Waals surface area (Å²) in [6.45, 7) is 7.14. The molecule has 0 aliphatic heterocycles. The van der Waals surface area contributed by atoms with Gasteiger partial charge in [-0.05, 0) is 24.5 Å². The minimum atomic E-state index is -0.547. The number of nitrogen functional groups attached to an aromatic ring is 1. The number of nitrogens with two attached hydrogens (primary N) is 1. The van der Waals surface area contributed by atoms with Crippen molar-refractivity contribution in [3.05, 3.63) is 61.3 Å². The molecule has 3 aromatic rings. The fourth-order valence-electron chi connectivity index (χ4n) is 3.49. The molecule has 9 nitrogen and oxygen atoms in total. The Balaban J connectivity index is 2.09. The smallest absolute Gasteiger partial charge is 0.330 e. The highest BCUT2D eigenvalue weighted by Crippen LogP contribution is 2.20. The predicted octanol–water partition coefficient (Wildman–Crippen LogP) is 1.82. The molecule has 0 aliphatic carbocycles. The molecule has 3 rings (SSSR count). The Morgan fingerprint density at radius 2 is 1.87 bits per heavy atom. The highest BCUT2D eigenvalue weighted by molar-refractivity contribution is 5.77. The van der Waals surface area contributed by atoms with E-state index in [0.717, 1.165) is 12.8 Å². The van der Waals surface area contributed by atoms with Crippen molar-refractivity contribution in [2.75, 3.05) is 17.2 Å². The molecule has 0 aliphatic rings. The van der Waals surface area contributed by atoms with Crippen LogP contribution in [0.2, 0.25) is 0 Å². The van der Waals surface area contributed by atoms with E-state index in [-0.39, 0.29) is 29.5 Å². The van der Waals surface area contributed by atoms with Crippen molar-refractivity contribution >= 4 is 22.4 Å². The normalized spacial score (nSPS) is 11.3. The fourth-order valence-corrected chi connectivity index (χ4v) is 3.49. The van der Waals surface area contributed by atoms with Crippen LogP contribution in [0.15, 0.2) is 38.6 Å². The molecule has 0 atom stereocenters. The van der Waals surface area contributed by atoms with Gasteiger partial charge in [-0.2, -0.15) is 0 Å². The number of nitrogens with one attached hydrogen (secondary N) is 2. The zero-order chi connectivity index (χ0) is 21.8. The molecular weight excluding hydrogens is 384 g/mol. The first kappa shape index (κ1) is 21.4. The first-order valence-electron chi connectivity index (χ1n) is 10.2. The highest BCUT2D eigenvalue weighted by atomic mass is 16.2. The minimum absolute atomic E-state index is 0.126. The maximum atomic E-state index is 12.7. The predicted molar refractivity (Wildman–Crippen MR) is 119 cm³/mol. The summed E-state index contributed by atoms with van der Waals surface area (Å²) in [5, 5.41) is 0.502. The van der Waals surface area contributed by atoms with E-state index in [1.807, 2.05) is 26.8 Å². The molecule has 0 bridgehead atoms. The molecule has 30 heavy (non-hydrogen) atoms. The average Bonchev–Trinajstić information content (AvgIpc) is 2.67. The van der Waals surface area contributed by atoms with Gasteiger partial charge < -0.3 is 15.6 Å². The summed E-state index contributed by atoms with van der Waals surface area (Å²) in [7, 11) is 0. The van der Waals surface area contributed by atoms with Gasteiger partial charge in [0.2, 0.25) is 0 Å². The number of nitrogens with zero attached hydrogens (tertiary/aromatic N) is 3. The van der Waals surface area contributed by atoms with Gasteiger partial charge >= 0.3 is 5.69 Å². The summed E-state index contributed by atoms with van der Waals surface area (Å²) >= 11 is 0. The number of H-pyrrole nitrogens is 2. The van der Waals surface area contributed by atoms with Crippen molar-refractivity contribution in [2.45, 2.75) is 46.7 Å². The van der Waals surface area contributed by atoms with Crippen LogP contribution in [-0.2, 0) is 13.1 Å². The van der Waals surface area contributed by atoms with Crippen LogP contribution in [0.1, 0.15) is 39.4 Å². The molecule has 160 valence electrons.